The van der Waals surface area contributed by atoms with Crippen molar-refractivity contribution in [3.8, 4) is 10.6 Å². The summed E-state index contributed by atoms with van der Waals surface area (Å²) in [4.78, 5) is 17.9. The van der Waals surface area contributed by atoms with Crippen molar-refractivity contribution < 1.29 is 18.0 Å². The molecule has 0 aliphatic heterocycles. The third-order valence-electron chi connectivity index (χ3n) is 4.65. The fourth-order valence-electron chi connectivity index (χ4n) is 3.11. The number of halogens is 4. The van der Waals surface area contributed by atoms with Gasteiger partial charge in [0.05, 0.1) is 27.5 Å². The fraction of sp³-hybridized carbons (Fsp3) is 0.263. The Morgan fingerprint density at radius 3 is 2.81 bits per heavy atom. The number of carbonyl (C=O) groups is 1. The Labute approximate surface area is 183 Å². The number of hydrogen-bond acceptors (Lipinski definition) is 5. The van der Waals surface area contributed by atoms with Crippen LogP contribution in [0.3, 0.4) is 0 Å². The maximum Gasteiger partial charge on any atom is 0.436 e. The molecule has 4 heterocycles. The van der Waals surface area contributed by atoms with Crippen LogP contribution in [0.2, 0.25) is 5.02 Å². The van der Waals surface area contributed by atoms with Gasteiger partial charge in [0.2, 0.25) is 0 Å². The zero-order valence-electron chi connectivity index (χ0n) is 16.1. The molecule has 0 radical (unpaired) electrons. The number of aromatic nitrogens is 5. The summed E-state index contributed by atoms with van der Waals surface area (Å²) >= 11 is 7.30. The zero-order valence-corrected chi connectivity index (χ0v) is 17.7. The maximum absolute atomic E-state index is 12.9. The van der Waals surface area contributed by atoms with Gasteiger partial charge in [0, 0.05) is 19.3 Å². The zero-order chi connectivity index (χ0) is 22.2. The quantitative estimate of drug-likeness (QED) is 0.424. The Hall–Kier alpha value is -2.92. The van der Waals surface area contributed by atoms with E-state index in [0.29, 0.717) is 17.6 Å². The van der Waals surface area contributed by atoms with Crippen LogP contribution in [0.1, 0.15) is 28.2 Å². The molecule has 0 bridgehead atoms. The van der Waals surface area contributed by atoms with Gasteiger partial charge in [0.25, 0.3) is 5.91 Å². The lowest BCUT2D eigenvalue weighted by Crippen LogP contribution is -2.25. The van der Waals surface area contributed by atoms with Gasteiger partial charge in [-0.3, -0.25) is 9.48 Å². The van der Waals surface area contributed by atoms with E-state index >= 15 is 0 Å². The lowest BCUT2D eigenvalue weighted by atomic mass is 10.3. The van der Waals surface area contributed by atoms with E-state index in [1.807, 2.05) is 23.6 Å². The second kappa shape index (κ2) is 8.31. The number of fused-ring (bicyclic) bond motifs is 1. The van der Waals surface area contributed by atoms with Crippen LogP contribution >= 0.6 is 22.9 Å². The van der Waals surface area contributed by atoms with Crippen molar-refractivity contribution in [2.45, 2.75) is 26.1 Å². The van der Waals surface area contributed by atoms with Crippen molar-refractivity contribution in [2.75, 3.05) is 6.54 Å². The molecule has 0 saturated carbocycles. The summed E-state index contributed by atoms with van der Waals surface area (Å²) < 4.78 is 41.5. The van der Waals surface area contributed by atoms with E-state index in [2.05, 4.69) is 20.5 Å². The molecule has 0 unspecified atom stereocenters. The highest BCUT2D eigenvalue weighted by molar-refractivity contribution is 7.13. The summed E-state index contributed by atoms with van der Waals surface area (Å²) in [6, 6.07) is 5.70. The minimum absolute atomic E-state index is 0.178. The number of carbonyl (C=O) groups excluding carboxylic acids is 1. The van der Waals surface area contributed by atoms with Gasteiger partial charge in [0.1, 0.15) is 5.56 Å². The summed E-state index contributed by atoms with van der Waals surface area (Å²) in [5.41, 5.74) is 0.692. The molecule has 0 aromatic carbocycles. The van der Waals surface area contributed by atoms with Gasteiger partial charge in [0.15, 0.2) is 11.3 Å². The molecule has 0 saturated heterocycles. The van der Waals surface area contributed by atoms with Gasteiger partial charge >= 0.3 is 6.18 Å². The number of hydrogen-bond donors (Lipinski definition) is 1. The topological polar surface area (TPSA) is 77.1 Å². The summed E-state index contributed by atoms with van der Waals surface area (Å²) in [6.07, 6.45) is -1.18. The predicted molar refractivity (Wildman–Crippen MR) is 110 cm³/mol. The molecule has 31 heavy (non-hydrogen) atoms. The lowest BCUT2D eigenvalue weighted by molar-refractivity contribution is -0.141. The molecule has 7 nitrogen and oxygen atoms in total. The lowest BCUT2D eigenvalue weighted by Gasteiger charge is -2.06. The minimum Gasteiger partial charge on any atom is -0.352 e. The number of alkyl halides is 3. The highest BCUT2D eigenvalue weighted by atomic mass is 35.5. The van der Waals surface area contributed by atoms with Crippen LogP contribution < -0.4 is 5.32 Å². The van der Waals surface area contributed by atoms with Crippen LogP contribution in [0, 0.1) is 6.92 Å². The SMILES string of the molecule is Cc1c(Cl)c(C(F)(F)F)nn1CCCNC(=O)c1cnn2c(-c3cccs3)ccnc12. The van der Waals surface area contributed by atoms with E-state index in [4.69, 9.17) is 11.6 Å². The Bertz CT molecular complexity index is 1230. The molecule has 12 heteroatoms. The highest BCUT2D eigenvalue weighted by Gasteiger charge is 2.38. The molecule has 162 valence electrons. The molecular weight excluding hydrogens is 453 g/mol. The molecule has 1 N–H and O–H groups in total. The van der Waals surface area contributed by atoms with Crippen molar-refractivity contribution >= 4 is 34.5 Å². The summed E-state index contributed by atoms with van der Waals surface area (Å²) in [5, 5.41) is 12.1. The van der Waals surface area contributed by atoms with E-state index in [9.17, 15) is 18.0 Å². The summed E-state index contributed by atoms with van der Waals surface area (Å²) in [5.74, 6) is -0.364. The minimum atomic E-state index is -4.61. The van der Waals surface area contributed by atoms with Crippen LogP contribution in [0.25, 0.3) is 16.2 Å². The Balaban J connectivity index is 1.41. The number of rotatable bonds is 6. The van der Waals surface area contributed by atoms with Gasteiger partial charge in [-0.2, -0.15) is 23.4 Å². The Morgan fingerprint density at radius 2 is 2.13 bits per heavy atom. The molecule has 4 aromatic rings. The van der Waals surface area contributed by atoms with Crippen molar-refractivity contribution in [2.24, 2.45) is 0 Å². The van der Waals surface area contributed by atoms with E-state index in [-0.39, 0.29) is 24.7 Å². The first-order valence-electron chi connectivity index (χ1n) is 9.22. The van der Waals surface area contributed by atoms with Crippen LogP contribution in [-0.4, -0.2) is 36.8 Å². The van der Waals surface area contributed by atoms with Crippen LogP contribution in [0.15, 0.2) is 36.0 Å². The van der Waals surface area contributed by atoms with E-state index in [1.54, 1.807) is 22.0 Å². The third-order valence-corrected chi connectivity index (χ3v) is 6.00. The van der Waals surface area contributed by atoms with Crippen LogP contribution in [0.5, 0.6) is 0 Å². The molecular formula is C19H16ClF3N6OS. The standard InChI is InChI=1S/C19H16ClF3N6OS/c1-11-15(20)16(19(21,22)23)27-28(11)8-3-6-25-18(30)12-10-26-29-13(5-7-24-17(12)29)14-4-2-9-31-14/h2,4-5,7,9-10H,3,6,8H2,1H3,(H,25,30). The molecule has 0 spiro atoms. The number of thiophene rings is 1. The van der Waals surface area contributed by atoms with Crippen LogP contribution in [0.4, 0.5) is 13.2 Å². The monoisotopic (exact) mass is 468 g/mol. The number of aryl methyl sites for hydroxylation is 1. The van der Waals surface area contributed by atoms with E-state index in [1.165, 1.54) is 17.8 Å². The maximum atomic E-state index is 12.9. The van der Waals surface area contributed by atoms with Gasteiger partial charge in [-0.1, -0.05) is 17.7 Å². The average molecular weight is 469 g/mol. The molecule has 1 amide bonds. The van der Waals surface area contributed by atoms with E-state index < -0.39 is 16.9 Å². The van der Waals surface area contributed by atoms with E-state index in [0.717, 1.165) is 10.6 Å². The number of nitrogens with one attached hydrogen (secondary N) is 1. The highest BCUT2D eigenvalue weighted by Crippen LogP contribution is 2.35. The van der Waals surface area contributed by atoms with Crippen molar-refractivity contribution in [3.63, 3.8) is 0 Å². The smallest absolute Gasteiger partial charge is 0.352 e. The van der Waals surface area contributed by atoms with Crippen LogP contribution in [-0.2, 0) is 12.7 Å². The first-order valence-corrected chi connectivity index (χ1v) is 10.5. The molecule has 0 atom stereocenters. The second-order valence-corrected chi connectivity index (χ2v) is 8.01. The summed E-state index contributed by atoms with van der Waals surface area (Å²) in [7, 11) is 0. The van der Waals surface area contributed by atoms with Crippen molar-refractivity contribution in [1.29, 1.82) is 0 Å². The number of nitrogens with zero attached hydrogens (tertiary/aromatic N) is 5. The second-order valence-electron chi connectivity index (χ2n) is 6.68. The summed E-state index contributed by atoms with van der Waals surface area (Å²) in [6.45, 7) is 1.88. The Kier molecular flexibility index (Phi) is 5.71. The molecule has 4 aromatic heterocycles. The molecule has 4 rings (SSSR count). The van der Waals surface area contributed by atoms with Crippen molar-refractivity contribution in [3.05, 3.63) is 57.9 Å². The van der Waals surface area contributed by atoms with Gasteiger partial charge in [-0.05, 0) is 30.9 Å². The van der Waals surface area contributed by atoms with Crippen molar-refractivity contribution in [1.82, 2.24) is 29.7 Å². The number of amides is 1. The molecule has 0 aliphatic carbocycles. The van der Waals surface area contributed by atoms with Gasteiger partial charge in [-0.15, -0.1) is 11.3 Å². The first-order chi connectivity index (χ1) is 14.8. The van der Waals surface area contributed by atoms with Gasteiger partial charge in [-0.25, -0.2) is 9.50 Å². The first kappa shape index (κ1) is 21.3. The largest absolute Gasteiger partial charge is 0.436 e. The fourth-order valence-corrected chi connectivity index (χ4v) is 4.09. The Morgan fingerprint density at radius 1 is 1.32 bits per heavy atom. The normalized spacial score (nSPS) is 11.9. The molecule has 0 aliphatic rings. The molecule has 0 fully saturated rings. The van der Waals surface area contributed by atoms with Gasteiger partial charge < -0.3 is 5.32 Å². The third kappa shape index (κ3) is 4.15. The predicted octanol–water partition coefficient (Wildman–Crippen LogP) is 4.46. The average Bonchev–Trinajstić information content (AvgIpc) is 3.45.